The highest BCUT2D eigenvalue weighted by molar-refractivity contribution is 7.91. The lowest BCUT2D eigenvalue weighted by atomic mass is 10.2. The number of aryl methyl sites for hydroxylation is 1. The third-order valence-electron chi connectivity index (χ3n) is 2.91. The minimum absolute atomic E-state index is 0.0975. The summed E-state index contributed by atoms with van der Waals surface area (Å²) in [4.78, 5) is 13.5. The van der Waals surface area contributed by atoms with Gasteiger partial charge in [-0.2, -0.15) is 4.31 Å². The number of hydrogen-bond acceptors (Lipinski definition) is 4. The Kier molecular flexibility index (Phi) is 4.42. The van der Waals surface area contributed by atoms with Crippen LogP contribution in [-0.4, -0.2) is 24.3 Å². The van der Waals surface area contributed by atoms with E-state index in [1.807, 2.05) is 30.3 Å². The number of thiazole rings is 1. The molecular formula is C13H16N2O3S2. The van der Waals surface area contributed by atoms with Crippen molar-refractivity contribution in [3.05, 3.63) is 51.3 Å². The summed E-state index contributed by atoms with van der Waals surface area (Å²) in [5, 5.41) is 0. The van der Waals surface area contributed by atoms with Crippen LogP contribution in [0.15, 0.2) is 39.3 Å². The van der Waals surface area contributed by atoms with Crippen LogP contribution in [0.2, 0.25) is 0 Å². The fourth-order valence-corrected chi connectivity index (χ4v) is 4.78. The molecule has 108 valence electrons. The first kappa shape index (κ1) is 15.0. The van der Waals surface area contributed by atoms with E-state index in [2.05, 4.69) is 4.98 Å². The van der Waals surface area contributed by atoms with Gasteiger partial charge in [0.1, 0.15) is 0 Å². The monoisotopic (exact) mass is 312 g/mol. The van der Waals surface area contributed by atoms with E-state index in [1.165, 1.54) is 4.31 Å². The maximum Gasteiger partial charge on any atom is 0.305 e. The van der Waals surface area contributed by atoms with Gasteiger partial charge in [0.25, 0.3) is 10.0 Å². The molecule has 1 heterocycles. The van der Waals surface area contributed by atoms with Gasteiger partial charge < -0.3 is 4.98 Å². The fourth-order valence-electron chi connectivity index (χ4n) is 1.91. The molecule has 0 fully saturated rings. The van der Waals surface area contributed by atoms with Gasteiger partial charge in [-0.05, 0) is 12.5 Å². The zero-order chi connectivity index (χ0) is 14.8. The first-order chi connectivity index (χ1) is 9.45. The van der Waals surface area contributed by atoms with E-state index in [-0.39, 0.29) is 9.08 Å². The number of H-pyrrole nitrogens is 1. The molecule has 0 aliphatic heterocycles. The minimum atomic E-state index is -3.64. The van der Waals surface area contributed by atoms with Gasteiger partial charge in [0, 0.05) is 18.8 Å². The molecule has 2 rings (SSSR count). The molecule has 0 radical (unpaired) electrons. The van der Waals surface area contributed by atoms with Crippen molar-refractivity contribution in [3.63, 3.8) is 0 Å². The maximum absolute atomic E-state index is 12.6. The highest BCUT2D eigenvalue weighted by Crippen LogP contribution is 2.22. The van der Waals surface area contributed by atoms with E-state index in [1.54, 1.807) is 13.8 Å². The van der Waals surface area contributed by atoms with Crippen molar-refractivity contribution in [1.29, 1.82) is 0 Å². The average Bonchev–Trinajstić information content (AvgIpc) is 2.76. The molecule has 1 aromatic carbocycles. The van der Waals surface area contributed by atoms with E-state index >= 15 is 0 Å². The summed E-state index contributed by atoms with van der Waals surface area (Å²) in [6.45, 7) is 4.03. The molecule has 1 aromatic heterocycles. The molecule has 0 saturated heterocycles. The van der Waals surface area contributed by atoms with Gasteiger partial charge >= 0.3 is 4.87 Å². The van der Waals surface area contributed by atoms with Crippen molar-refractivity contribution in [2.24, 2.45) is 0 Å². The summed E-state index contributed by atoms with van der Waals surface area (Å²) < 4.78 is 26.6. The van der Waals surface area contributed by atoms with Crippen molar-refractivity contribution in [2.75, 3.05) is 6.54 Å². The van der Waals surface area contributed by atoms with Crippen LogP contribution in [-0.2, 0) is 16.6 Å². The SMILES string of the molecule is CCN(Cc1ccccc1)S(=O)(=O)c1sc(=O)[nH]c1C. The average molecular weight is 312 g/mol. The Morgan fingerprint density at radius 1 is 1.25 bits per heavy atom. The Morgan fingerprint density at radius 2 is 1.90 bits per heavy atom. The van der Waals surface area contributed by atoms with Crippen molar-refractivity contribution in [1.82, 2.24) is 9.29 Å². The molecule has 5 nitrogen and oxygen atoms in total. The number of sulfonamides is 1. The molecule has 0 aliphatic rings. The van der Waals surface area contributed by atoms with Crippen LogP contribution in [0.5, 0.6) is 0 Å². The number of benzene rings is 1. The Labute approximate surface area is 121 Å². The van der Waals surface area contributed by atoms with E-state index in [9.17, 15) is 13.2 Å². The number of hydrogen-bond donors (Lipinski definition) is 1. The third kappa shape index (κ3) is 3.00. The van der Waals surface area contributed by atoms with Gasteiger partial charge in [0.05, 0.1) is 0 Å². The lowest BCUT2D eigenvalue weighted by Gasteiger charge is -2.19. The summed E-state index contributed by atoms with van der Waals surface area (Å²) in [6.07, 6.45) is 0. The summed E-state index contributed by atoms with van der Waals surface area (Å²) in [5.41, 5.74) is 1.31. The van der Waals surface area contributed by atoms with Crippen LogP contribution in [0.3, 0.4) is 0 Å². The van der Waals surface area contributed by atoms with Crippen LogP contribution < -0.4 is 4.87 Å². The zero-order valence-electron chi connectivity index (χ0n) is 11.3. The maximum atomic E-state index is 12.6. The van der Waals surface area contributed by atoms with E-state index < -0.39 is 10.0 Å². The molecule has 0 atom stereocenters. The third-order valence-corrected chi connectivity index (χ3v) is 6.41. The largest absolute Gasteiger partial charge is 0.315 e. The van der Waals surface area contributed by atoms with E-state index in [0.717, 1.165) is 16.9 Å². The standard InChI is InChI=1S/C13H16N2O3S2/c1-3-15(9-11-7-5-4-6-8-11)20(17,18)12-10(2)14-13(16)19-12/h4-8H,3,9H2,1-2H3,(H,14,16). The quantitative estimate of drug-likeness (QED) is 0.917. The predicted octanol–water partition coefficient (Wildman–Crippen LogP) is 1.96. The molecular weight excluding hydrogens is 296 g/mol. The second-order valence-corrected chi connectivity index (χ2v) is 7.46. The van der Waals surface area contributed by atoms with Gasteiger partial charge in [-0.25, -0.2) is 8.42 Å². The van der Waals surface area contributed by atoms with Crippen LogP contribution >= 0.6 is 11.3 Å². The summed E-state index contributed by atoms with van der Waals surface area (Å²) in [6, 6.07) is 9.39. The summed E-state index contributed by atoms with van der Waals surface area (Å²) in [5.74, 6) is 0. The van der Waals surface area contributed by atoms with Gasteiger partial charge in [-0.1, -0.05) is 48.6 Å². The Balaban J connectivity index is 2.36. The lowest BCUT2D eigenvalue weighted by molar-refractivity contribution is 0.424. The molecule has 7 heteroatoms. The van der Waals surface area contributed by atoms with Gasteiger partial charge in [0.15, 0.2) is 4.21 Å². The van der Waals surface area contributed by atoms with Crippen molar-refractivity contribution < 1.29 is 8.42 Å². The van der Waals surface area contributed by atoms with Crippen molar-refractivity contribution in [2.45, 2.75) is 24.6 Å². The van der Waals surface area contributed by atoms with Crippen molar-refractivity contribution in [3.8, 4) is 0 Å². The van der Waals surface area contributed by atoms with Crippen LogP contribution in [0.4, 0.5) is 0 Å². The van der Waals surface area contributed by atoms with Crippen LogP contribution in [0.25, 0.3) is 0 Å². The Hall–Kier alpha value is -1.44. The highest BCUT2D eigenvalue weighted by atomic mass is 32.2. The molecule has 0 unspecified atom stereocenters. The Morgan fingerprint density at radius 3 is 2.40 bits per heavy atom. The molecule has 0 amide bonds. The molecule has 1 N–H and O–H groups in total. The van der Waals surface area contributed by atoms with E-state index in [4.69, 9.17) is 0 Å². The number of aromatic amines is 1. The lowest BCUT2D eigenvalue weighted by Crippen LogP contribution is -2.30. The number of nitrogens with one attached hydrogen (secondary N) is 1. The smallest absolute Gasteiger partial charge is 0.305 e. The minimum Gasteiger partial charge on any atom is -0.315 e. The molecule has 2 aromatic rings. The molecule has 0 saturated carbocycles. The topological polar surface area (TPSA) is 70.2 Å². The fraction of sp³-hybridized carbons (Fsp3) is 0.308. The molecule has 0 bridgehead atoms. The van der Waals surface area contributed by atoms with Gasteiger partial charge in [0.2, 0.25) is 0 Å². The number of nitrogens with zero attached hydrogens (tertiary/aromatic N) is 1. The van der Waals surface area contributed by atoms with Gasteiger partial charge in [-0.15, -0.1) is 0 Å². The molecule has 20 heavy (non-hydrogen) atoms. The zero-order valence-corrected chi connectivity index (χ0v) is 12.9. The molecule has 0 spiro atoms. The number of rotatable bonds is 5. The summed E-state index contributed by atoms with van der Waals surface area (Å²) >= 11 is 0.735. The first-order valence-electron chi connectivity index (χ1n) is 6.19. The second kappa shape index (κ2) is 5.90. The van der Waals surface area contributed by atoms with Crippen LogP contribution in [0.1, 0.15) is 18.2 Å². The second-order valence-electron chi connectivity index (χ2n) is 4.34. The summed E-state index contributed by atoms with van der Waals surface area (Å²) in [7, 11) is -3.64. The van der Waals surface area contributed by atoms with Crippen LogP contribution in [0, 0.1) is 6.92 Å². The Bertz CT molecular complexity index is 732. The van der Waals surface area contributed by atoms with Gasteiger partial charge in [-0.3, -0.25) is 4.79 Å². The number of aromatic nitrogens is 1. The normalized spacial score (nSPS) is 11.9. The highest BCUT2D eigenvalue weighted by Gasteiger charge is 2.27. The predicted molar refractivity (Wildman–Crippen MR) is 79.4 cm³/mol. The van der Waals surface area contributed by atoms with Crippen molar-refractivity contribution >= 4 is 21.4 Å². The van der Waals surface area contributed by atoms with E-state index in [0.29, 0.717) is 18.8 Å². The molecule has 0 aliphatic carbocycles. The first-order valence-corrected chi connectivity index (χ1v) is 8.44.